The van der Waals surface area contributed by atoms with E-state index in [1.165, 1.54) is 0 Å². The van der Waals surface area contributed by atoms with Crippen LogP contribution in [0.3, 0.4) is 0 Å². The predicted octanol–water partition coefficient (Wildman–Crippen LogP) is 3.93. The number of hydrogen-bond donors (Lipinski definition) is 0. The van der Waals surface area contributed by atoms with Crippen LogP contribution in [0.4, 0.5) is 0 Å². The maximum Gasteiger partial charge on any atom is 0.149 e. The third kappa shape index (κ3) is 24.8. The molecule has 0 unspecified atom stereocenters. The molecule has 0 spiro atoms. The Balaban J connectivity index is -0.000000218. The van der Waals surface area contributed by atoms with Crippen molar-refractivity contribution in [1.82, 2.24) is 0 Å². The first kappa shape index (κ1) is 17.8. The van der Waals surface area contributed by atoms with Crippen molar-refractivity contribution in [2.45, 2.75) is 34.6 Å². The van der Waals surface area contributed by atoms with Gasteiger partial charge in [-0.1, -0.05) is 58.6 Å². The Bertz CT molecular complexity index is 153. The molecule has 0 amide bonds. The van der Waals surface area contributed by atoms with Gasteiger partial charge in [0, 0.05) is 5.57 Å². The van der Waals surface area contributed by atoms with E-state index in [9.17, 15) is 4.79 Å². The van der Waals surface area contributed by atoms with E-state index < -0.39 is 0 Å². The lowest BCUT2D eigenvalue weighted by Crippen LogP contribution is -1.71. The highest BCUT2D eigenvalue weighted by Crippen LogP contribution is 1.86. The molecule has 0 aromatic heterocycles. The van der Waals surface area contributed by atoms with E-state index in [1.807, 2.05) is 46.8 Å². The lowest BCUT2D eigenvalue weighted by atomic mass is 10.3. The Morgan fingerprint density at radius 3 is 1.85 bits per heavy atom. The Morgan fingerprint density at radius 1 is 1.08 bits per heavy atom. The molecule has 0 heterocycles. The molecule has 1 nitrogen and oxygen atoms in total. The average Bonchev–Trinajstić information content (AvgIpc) is 2.24. The second-order valence-electron chi connectivity index (χ2n) is 1.58. The molecular weight excluding hydrogens is 160 g/mol. The first-order valence-corrected chi connectivity index (χ1v) is 4.74. The quantitative estimate of drug-likeness (QED) is 0.367. The predicted molar refractivity (Wildman–Crippen MR) is 61.9 cm³/mol. The van der Waals surface area contributed by atoms with Crippen LogP contribution in [0.25, 0.3) is 0 Å². The summed E-state index contributed by atoms with van der Waals surface area (Å²) in [6, 6.07) is 0. The smallest absolute Gasteiger partial charge is 0.149 e. The summed E-state index contributed by atoms with van der Waals surface area (Å²) in [4.78, 5) is 9.92. The number of carbonyl (C=O) groups excluding carboxylic acids is 1. The summed E-state index contributed by atoms with van der Waals surface area (Å²) in [6.07, 6.45) is 7.88. The van der Waals surface area contributed by atoms with Crippen LogP contribution in [0.2, 0.25) is 0 Å². The number of rotatable bonds is 3. The minimum atomic E-state index is 0.494. The lowest BCUT2D eigenvalue weighted by Gasteiger charge is -1.77. The summed E-state index contributed by atoms with van der Waals surface area (Å²) in [6.45, 7) is 13.4. The van der Waals surface area contributed by atoms with E-state index in [0.717, 1.165) is 6.29 Å². The van der Waals surface area contributed by atoms with Gasteiger partial charge in [-0.3, -0.25) is 4.79 Å². The Kier molecular flexibility index (Phi) is 30.8. The van der Waals surface area contributed by atoms with Crippen molar-refractivity contribution in [1.29, 1.82) is 0 Å². The van der Waals surface area contributed by atoms with Crippen molar-refractivity contribution < 1.29 is 4.79 Å². The lowest BCUT2D eigenvalue weighted by molar-refractivity contribution is -0.104. The zero-order valence-corrected chi connectivity index (χ0v) is 9.50. The fourth-order valence-corrected chi connectivity index (χ4v) is 0.330. The summed E-state index contributed by atoms with van der Waals surface area (Å²) in [5, 5.41) is 0. The van der Waals surface area contributed by atoms with Crippen molar-refractivity contribution in [2.24, 2.45) is 0 Å². The van der Waals surface area contributed by atoms with Crippen molar-refractivity contribution in [2.75, 3.05) is 0 Å². The average molecular weight is 182 g/mol. The van der Waals surface area contributed by atoms with Gasteiger partial charge in [0.15, 0.2) is 0 Å². The number of aldehydes is 1. The molecule has 0 aliphatic rings. The molecule has 0 bridgehead atoms. The van der Waals surface area contributed by atoms with Gasteiger partial charge in [-0.2, -0.15) is 0 Å². The SMILES string of the molecule is C=C(C=O)/C=C\C=C/C.CC.CC. The van der Waals surface area contributed by atoms with Gasteiger partial charge in [0.1, 0.15) is 6.29 Å². The molecule has 0 radical (unpaired) electrons. The number of hydrogen-bond acceptors (Lipinski definition) is 1. The molecular formula is C12H22O. The monoisotopic (exact) mass is 182 g/mol. The van der Waals surface area contributed by atoms with E-state index in [1.54, 1.807) is 12.2 Å². The van der Waals surface area contributed by atoms with Crippen LogP contribution in [0.15, 0.2) is 36.5 Å². The van der Waals surface area contributed by atoms with Gasteiger partial charge in [0.05, 0.1) is 0 Å². The summed E-state index contributed by atoms with van der Waals surface area (Å²) in [5.41, 5.74) is 0.494. The Hall–Kier alpha value is -1.11. The van der Waals surface area contributed by atoms with Gasteiger partial charge in [-0.05, 0) is 6.92 Å². The zero-order valence-electron chi connectivity index (χ0n) is 9.50. The minimum absolute atomic E-state index is 0.494. The van der Waals surface area contributed by atoms with Gasteiger partial charge in [0.2, 0.25) is 0 Å². The topological polar surface area (TPSA) is 17.1 Å². The number of carbonyl (C=O) groups is 1. The van der Waals surface area contributed by atoms with Crippen LogP contribution in [-0.4, -0.2) is 6.29 Å². The highest BCUT2D eigenvalue weighted by molar-refractivity contribution is 5.76. The van der Waals surface area contributed by atoms with Gasteiger partial charge in [0.25, 0.3) is 0 Å². The van der Waals surface area contributed by atoms with Crippen molar-refractivity contribution in [3.05, 3.63) is 36.5 Å². The van der Waals surface area contributed by atoms with Crippen LogP contribution < -0.4 is 0 Å². The minimum Gasteiger partial charge on any atom is -0.298 e. The van der Waals surface area contributed by atoms with E-state index in [4.69, 9.17) is 0 Å². The molecule has 76 valence electrons. The zero-order chi connectivity index (χ0) is 11.1. The van der Waals surface area contributed by atoms with Gasteiger partial charge < -0.3 is 0 Å². The van der Waals surface area contributed by atoms with E-state index >= 15 is 0 Å². The second kappa shape index (κ2) is 22.4. The Labute approximate surface area is 82.9 Å². The molecule has 13 heavy (non-hydrogen) atoms. The molecule has 0 aromatic carbocycles. The largest absolute Gasteiger partial charge is 0.298 e. The van der Waals surface area contributed by atoms with Crippen LogP contribution in [0.5, 0.6) is 0 Å². The maximum atomic E-state index is 9.92. The van der Waals surface area contributed by atoms with Crippen molar-refractivity contribution in [3.8, 4) is 0 Å². The van der Waals surface area contributed by atoms with Crippen LogP contribution >= 0.6 is 0 Å². The van der Waals surface area contributed by atoms with Crippen LogP contribution in [0, 0.1) is 0 Å². The molecule has 0 aliphatic heterocycles. The first-order valence-electron chi connectivity index (χ1n) is 4.74. The van der Waals surface area contributed by atoms with Gasteiger partial charge in [-0.15, -0.1) is 0 Å². The van der Waals surface area contributed by atoms with Crippen LogP contribution in [-0.2, 0) is 4.79 Å². The summed E-state index contributed by atoms with van der Waals surface area (Å²) in [5.74, 6) is 0. The standard InChI is InChI=1S/C8H10O.2C2H6/c1-3-4-5-6-8(2)7-9;2*1-2/h3-7H,2H2,1H3;2*1-2H3/b4-3-,6-5-;;. The highest BCUT2D eigenvalue weighted by atomic mass is 16.1. The van der Waals surface area contributed by atoms with E-state index in [-0.39, 0.29) is 0 Å². The number of allylic oxidation sites excluding steroid dienone is 5. The molecule has 0 fully saturated rings. The van der Waals surface area contributed by atoms with Crippen LogP contribution in [0.1, 0.15) is 34.6 Å². The molecule has 0 aromatic rings. The third-order valence-corrected chi connectivity index (χ3v) is 0.765. The van der Waals surface area contributed by atoms with Gasteiger partial charge in [-0.25, -0.2) is 0 Å². The summed E-state index contributed by atoms with van der Waals surface area (Å²) < 4.78 is 0. The van der Waals surface area contributed by atoms with Crippen molar-refractivity contribution in [3.63, 3.8) is 0 Å². The molecule has 0 saturated heterocycles. The van der Waals surface area contributed by atoms with E-state index in [2.05, 4.69) is 6.58 Å². The fraction of sp³-hybridized carbons (Fsp3) is 0.417. The second-order valence-corrected chi connectivity index (χ2v) is 1.58. The molecule has 0 rings (SSSR count). The van der Waals surface area contributed by atoms with E-state index in [0.29, 0.717) is 5.57 Å². The molecule has 0 aliphatic carbocycles. The third-order valence-electron chi connectivity index (χ3n) is 0.765. The summed E-state index contributed by atoms with van der Waals surface area (Å²) >= 11 is 0. The fourth-order valence-electron chi connectivity index (χ4n) is 0.330. The van der Waals surface area contributed by atoms with Gasteiger partial charge >= 0.3 is 0 Å². The normalized spacial score (nSPS) is 8.38. The molecule has 0 atom stereocenters. The molecule has 1 heteroatoms. The van der Waals surface area contributed by atoms with Crippen molar-refractivity contribution >= 4 is 6.29 Å². The summed E-state index contributed by atoms with van der Waals surface area (Å²) in [7, 11) is 0. The maximum absolute atomic E-state index is 9.92. The molecule has 0 saturated carbocycles. The first-order chi connectivity index (χ1) is 6.31. The molecule has 0 N–H and O–H groups in total. The Morgan fingerprint density at radius 2 is 1.54 bits per heavy atom. The highest BCUT2D eigenvalue weighted by Gasteiger charge is 1.76.